The molecule has 2 aromatic rings. The second kappa shape index (κ2) is 6.37. The van der Waals surface area contributed by atoms with Crippen molar-refractivity contribution in [2.75, 3.05) is 11.9 Å². The van der Waals surface area contributed by atoms with E-state index in [0.29, 0.717) is 18.7 Å². The van der Waals surface area contributed by atoms with E-state index < -0.39 is 0 Å². The number of hydrogen-bond acceptors (Lipinski definition) is 4. The fourth-order valence-electron chi connectivity index (χ4n) is 2.82. The number of nitrogens with one attached hydrogen (secondary N) is 2. The maximum atomic E-state index is 12.6. The zero-order chi connectivity index (χ0) is 16.4. The van der Waals surface area contributed by atoms with Gasteiger partial charge >= 0.3 is 0 Å². The van der Waals surface area contributed by atoms with Crippen LogP contribution >= 0.6 is 0 Å². The van der Waals surface area contributed by atoms with Crippen LogP contribution in [0, 0.1) is 12.8 Å². The number of amides is 1. The normalized spacial score (nSPS) is 20.6. The quantitative estimate of drug-likeness (QED) is 0.897. The van der Waals surface area contributed by atoms with Crippen molar-refractivity contribution in [1.29, 1.82) is 0 Å². The molecule has 7 heteroatoms. The largest absolute Gasteiger partial charge is 0.373 e. The summed E-state index contributed by atoms with van der Waals surface area (Å²) < 4.78 is 7.56. The smallest absolute Gasteiger partial charge is 0.248 e. The Labute approximate surface area is 133 Å². The van der Waals surface area contributed by atoms with Crippen molar-refractivity contribution in [3.05, 3.63) is 46.1 Å². The lowest BCUT2D eigenvalue weighted by atomic mass is 9.96. The molecule has 23 heavy (non-hydrogen) atoms. The Kier molecular flexibility index (Phi) is 4.29. The van der Waals surface area contributed by atoms with Crippen LogP contribution in [-0.4, -0.2) is 27.3 Å². The highest BCUT2D eigenvalue weighted by Gasteiger charge is 2.36. The van der Waals surface area contributed by atoms with Gasteiger partial charge in [-0.2, -0.15) is 5.10 Å². The number of carbonyl (C=O) groups excluding carboxylic acids is 1. The van der Waals surface area contributed by atoms with Crippen LogP contribution in [0.1, 0.15) is 30.6 Å². The summed E-state index contributed by atoms with van der Waals surface area (Å²) in [6.45, 7) is 5.12. The number of hydrogen-bond donors (Lipinski definition) is 2. The van der Waals surface area contributed by atoms with Crippen LogP contribution in [-0.2, 0) is 16.1 Å². The summed E-state index contributed by atoms with van der Waals surface area (Å²) in [5, 5.41) is 7.13. The van der Waals surface area contributed by atoms with Crippen molar-refractivity contribution in [2.45, 2.75) is 32.9 Å². The number of carbonyl (C=O) groups is 1. The van der Waals surface area contributed by atoms with E-state index in [2.05, 4.69) is 15.4 Å². The second-order valence-electron chi connectivity index (χ2n) is 5.70. The fourth-order valence-corrected chi connectivity index (χ4v) is 2.82. The van der Waals surface area contributed by atoms with Gasteiger partial charge in [0.25, 0.3) is 0 Å². The SMILES string of the molecule is CCn1cc([C@H]2OCC[C@@H]2C(=O)Nc2c[nH]c(=O)cc2C)cn1. The summed E-state index contributed by atoms with van der Waals surface area (Å²) in [4.78, 5) is 26.4. The van der Waals surface area contributed by atoms with Gasteiger partial charge in [0.15, 0.2) is 0 Å². The van der Waals surface area contributed by atoms with E-state index in [9.17, 15) is 9.59 Å². The Hall–Kier alpha value is -2.41. The predicted octanol–water partition coefficient (Wildman–Crippen LogP) is 1.62. The molecule has 1 saturated heterocycles. The molecule has 2 N–H and O–H groups in total. The van der Waals surface area contributed by atoms with Crippen LogP contribution in [0.3, 0.4) is 0 Å². The van der Waals surface area contributed by atoms with Gasteiger partial charge < -0.3 is 15.0 Å². The molecule has 1 fully saturated rings. The van der Waals surface area contributed by atoms with Gasteiger partial charge in [0.05, 0.1) is 23.9 Å². The molecule has 7 nitrogen and oxygen atoms in total. The summed E-state index contributed by atoms with van der Waals surface area (Å²) >= 11 is 0. The first kappa shape index (κ1) is 15.5. The maximum absolute atomic E-state index is 12.6. The highest BCUT2D eigenvalue weighted by molar-refractivity contribution is 5.93. The minimum absolute atomic E-state index is 0.105. The highest BCUT2D eigenvalue weighted by atomic mass is 16.5. The minimum atomic E-state index is -0.279. The number of anilines is 1. The van der Waals surface area contributed by atoms with E-state index in [1.807, 2.05) is 17.8 Å². The van der Waals surface area contributed by atoms with Gasteiger partial charge in [-0.15, -0.1) is 0 Å². The number of H-pyrrole nitrogens is 1. The molecule has 1 amide bonds. The standard InChI is InChI=1S/C16H20N4O3/c1-3-20-9-11(7-18-20)15-12(4-5-23-15)16(22)19-13-8-17-14(21)6-10(13)2/h6-9,12,15H,3-5H2,1-2H3,(H,17,21)(H,19,22)/t12-,15+/m0/s1. The first-order chi connectivity index (χ1) is 11.1. The van der Waals surface area contributed by atoms with Gasteiger partial charge in [0, 0.05) is 37.2 Å². The van der Waals surface area contributed by atoms with Gasteiger partial charge in [-0.25, -0.2) is 0 Å². The van der Waals surface area contributed by atoms with Crippen molar-refractivity contribution >= 4 is 11.6 Å². The molecule has 0 saturated carbocycles. The van der Waals surface area contributed by atoms with Gasteiger partial charge in [0.1, 0.15) is 0 Å². The van der Waals surface area contributed by atoms with Crippen molar-refractivity contribution in [3.8, 4) is 0 Å². The van der Waals surface area contributed by atoms with Gasteiger partial charge in [-0.3, -0.25) is 14.3 Å². The van der Waals surface area contributed by atoms with Gasteiger partial charge in [-0.05, 0) is 25.8 Å². The van der Waals surface area contributed by atoms with Crippen LogP contribution in [0.15, 0.2) is 29.5 Å². The Bertz CT molecular complexity index is 765. The third-order valence-electron chi connectivity index (χ3n) is 4.12. The molecule has 0 unspecified atom stereocenters. The number of aromatic amines is 1. The molecule has 3 heterocycles. The van der Waals surface area contributed by atoms with Gasteiger partial charge in [-0.1, -0.05) is 0 Å². The van der Waals surface area contributed by atoms with E-state index in [4.69, 9.17) is 4.74 Å². The van der Waals surface area contributed by atoms with Crippen LogP contribution < -0.4 is 10.9 Å². The zero-order valence-corrected chi connectivity index (χ0v) is 13.2. The summed E-state index contributed by atoms with van der Waals surface area (Å²) in [6, 6.07) is 1.46. The summed E-state index contributed by atoms with van der Waals surface area (Å²) in [5.74, 6) is -0.372. The molecule has 2 atom stereocenters. The lowest BCUT2D eigenvalue weighted by molar-refractivity contribution is -0.121. The van der Waals surface area contributed by atoms with Crippen LogP contribution in [0.25, 0.3) is 0 Å². The Morgan fingerprint density at radius 3 is 3.09 bits per heavy atom. The number of aromatic nitrogens is 3. The fraction of sp³-hybridized carbons (Fsp3) is 0.438. The molecule has 0 spiro atoms. The number of ether oxygens (including phenoxy) is 1. The Morgan fingerprint density at radius 2 is 2.39 bits per heavy atom. The molecule has 2 aromatic heterocycles. The molecule has 0 radical (unpaired) electrons. The zero-order valence-electron chi connectivity index (χ0n) is 13.2. The Morgan fingerprint density at radius 1 is 1.57 bits per heavy atom. The lowest BCUT2D eigenvalue weighted by Gasteiger charge is -2.17. The molecule has 122 valence electrons. The molecule has 0 bridgehead atoms. The van der Waals surface area contributed by atoms with Crippen molar-refractivity contribution < 1.29 is 9.53 Å². The number of aryl methyl sites for hydroxylation is 2. The average molecular weight is 316 g/mol. The average Bonchev–Trinajstić information content (AvgIpc) is 3.17. The van der Waals surface area contributed by atoms with Crippen LogP contribution in [0.5, 0.6) is 0 Å². The third kappa shape index (κ3) is 3.19. The van der Waals surface area contributed by atoms with E-state index in [1.54, 1.807) is 13.1 Å². The minimum Gasteiger partial charge on any atom is -0.373 e. The van der Waals surface area contributed by atoms with E-state index in [-0.39, 0.29) is 23.5 Å². The molecule has 3 rings (SSSR count). The first-order valence-electron chi connectivity index (χ1n) is 7.72. The summed E-state index contributed by atoms with van der Waals surface area (Å²) in [5.41, 5.74) is 2.08. The monoisotopic (exact) mass is 316 g/mol. The molecule has 0 aliphatic carbocycles. The van der Waals surface area contributed by atoms with Crippen LogP contribution in [0.4, 0.5) is 5.69 Å². The van der Waals surface area contributed by atoms with E-state index in [0.717, 1.165) is 17.7 Å². The first-order valence-corrected chi connectivity index (χ1v) is 7.72. The van der Waals surface area contributed by atoms with Crippen LogP contribution in [0.2, 0.25) is 0 Å². The second-order valence-corrected chi connectivity index (χ2v) is 5.70. The van der Waals surface area contributed by atoms with Crippen molar-refractivity contribution in [3.63, 3.8) is 0 Å². The van der Waals surface area contributed by atoms with E-state index >= 15 is 0 Å². The summed E-state index contributed by atoms with van der Waals surface area (Å²) in [6.07, 6.45) is 5.58. The summed E-state index contributed by atoms with van der Waals surface area (Å²) in [7, 11) is 0. The van der Waals surface area contributed by atoms with Crippen molar-refractivity contribution in [2.24, 2.45) is 5.92 Å². The Balaban J connectivity index is 1.76. The third-order valence-corrected chi connectivity index (χ3v) is 4.12. The number of rotatable bonds is 4. The van der Waals surface area contributed by atoms with Crippen molar-refractivity contribution in [1.82, 2.24) is 14.8 Å². The molecular formula is C16H20N4O3. The topological polar surface area (TPSA) is 89.0 Å². The number of pyridine rings is 1. The molecular weight excluding hydrogens is 296 g/mol. The van der Waals surface area contributed by atoms with E-state index in [1.165, 1.54) is 12.3 Å². The highest BCUT2D eigenvalue weighted by Crippen LogP contribution is 2.35. The molecule has 1 aliphatic heterocycles. The maximum Gasteiger partial charge on any atom is 0.248 e. The van der Waals surface area contributed by atoms with Gasteiger partial charge in [0.2, 0.25) is 11.5 Å². The molecule has 1 aliphatic rings. The molecule has 0 aromatic carbocycles. The lowest BCUT2D eigenvalue weighted by Crippen LogP contribution is -2.26. The number of nitrogens with zero attached hydrogens (tertiary/aromatic N) is 2. The predicted molar refractivity (Wildman–Crippen MR) is 85.1 cm³/mol.